The first-order valence-corrected chi connectivity index (χ1v) is 24.7. The highest BCUT2D eigenvalue weighted by molar-refractivity contribution is 6.11. The van der Waals surface area contributed by atoms with E-state index in [0.717, 1.165) is 0 Å². The smallest absolute Gasteiger partial charge is 0.0541 e. The van der Waals surface area contributed by atoms with Crippen molar-refractivity contribution < 1.29 is 0 Å². The van der Waals surface area contributed by atoms with Crippen LogP contribution >= 0.6 is 0 Å². The number of fused-ring (bicyclic) bond motifs is 12. The lowest BCUT2D eigenvalue weighted by atomic mass is 9.79. The molecule has 2 heterocycles. The van der Waals surface area contributed by atoms with Crippen LogP contribution < -0.4 is 0 Å². The Bertz CT molecular complexity index is 4160. The molecule has 0 N–H and O–H groups in total. The number of hydrogen-bond donors (Lipinski definition) is 0. The largest absolute Gasteiger partial charge is 0.309 e. The Morgan fingerprint density at radius 1 is 0.286 bits per heavy atom. The second-order valence-electron chi connectivity index (χ2n) is 20.6. The summed E-state index contributed by atoms with van der Waals surface area (Å²) >= 11 is 0. The minimum absolute atomic E-state index is 0.148. The fourth-order valence-electron chi connectivity index (χ4n) is 12.3. The van der Waals surface area contributed by atoms with E-state index >= 15 is 0 Å². The van der Waals surface area contributed by atoms with E-state index in [0.29, 0.717) is 0 Å². The lowest BCUT2D eigenvalue weighted by Crippen LogP contribution is -2.15. The third-order valence-corrected chi connectivity index (χ3v) is 15.9. The molecular formula is C68H50N2. The zero-order valence-corrected chi connectivity index (χ0v) is 39.8. The number of nitrogens with zero attached hydrogens (tertiary/aromatic N) is 2. The standard InChI is InChI=1S/C68H50N2/c1-67(2)59-38-44(24-23-43-26-35-65-57(37-43)55-19-11-13-21-63(55)69(65)49-15-7-5-8-16-49)25-31-51(59)52-33-28-47(41-60(52)67)48-29-34-54-53-32-27-46(40-61(53)68(3,4)62(54)42-48)45-30-36-66-58(39-45)56-20-12-14-22-64(56)70(66)50-17-9-6-10-18-50/h5-42H,1-4H3/b24-23+. The Morgan fingerprint density at radius 2 is 0.629 bits per heavy atom. The summed E-state index contributed by atoms with van der Waals surface area (Å²) in [7, 11) is 0. The van der Waals surface area contributed by atoms with Crippen molar-refractivity contribution in [3.05, 3.63) is 252 Å². The van der Waals surface area contributed by atoms with Crippen molar-refractivity contribution in [3.63, 3.8) is 0 Å². The molecule has 2 nitrogen and oxygen atoms in total. The van der Waals surface area contributed by atoms with Crippen molar-refractivity contribution in [1.82, 2.24) is 9.13 Å². The summed E-state index contributed by atoms with van der Waals surface area (Å²) in [6.45, 7) is 9.59. The Balaban J connectivity index is 0.756. The molecule has 2 aliphatic rings. The number of rotatable bonds is 6. The van der Waals surface area contributed by atoms with Gasteiger partial charge in [-0.2, -0.15) is 0 Å². The van der Waals surface area contributed by atoms with E-state index in [2.05, 4.69) is 267 Å². The molecule has 0 fully saturated rings. The van der Waals surface area contributed by atoms with E-state index in [-0.39, 0.29) is 10.8 Å². The van der Waals surface area contributed by atoms with Crippen molar-refractivity contribution in [1.29, 1.82) is 0 Å². The molecule has 12 aromatic rings. The van der Waals surface area contributed by atoms with Gasteiger partial charge in [-0.1, -0.05) is 179 Å². The average Bonchev–Trinajstić information content (AvgIpc) is 4.06. The Kier molecular flexibility index (Phi) is 8.71. The van der Waals surface area contributed by atoms with Crippen LogP contribution in [0.5, 0.6) is 0 Å². The lowest BCUT2D eigenvalue weighted by molar-refractivity contribution is 0.659. The van der Waals surface area contributed by atoms with Crippen LogP contribution in [0.25, 0.3) is 112 Å². The fraction of sp³-hybridized carbons (Fsp3) is 0.0882. The minimum atomic E-state index is -0.160. The second kappa shape index (κ2) is 15.0. The summed E-state index contributed by atoms with van der Waals surface area (Å²) in [5.41, 5.74) is 25.3. The molecule has 2 heteroatoms. The fourth-order valence-corrected chi connectivity index (χ4v) is 12.3. The zero-order valence-electron chi connectivity index (χ0n) is 39.8. The van der Waals surface area contributed by atoms with Gasteiger partial charge in [0, 0.05) is 43.7 Å². The summed E-state index contributed by atoms with van der Waals surface area (Å²) in [5, 5.41) is 5.08. The molecule has 0 bridgehead atoms. The minimum Gasteiger partial charge on any atom is -0.309 e. The van der Waals surface area contributed by atoms with Gasteiger partial charge >= 0.3 is 0 Å². The van der Waals surface area contributed by atoms with Crippen molar-refractivity contribution in [3.8, 4) is 55.9 Å². The highest BCUT2D eigenvalue weighted by atomic mass is 15.0. The third-order valence-electron chi connectivity index (χ3n) is 15.9. The highest BCUT2D eigenvalue weighted by Gasteiger charge is 2.38. The number of hydrogen-bond acceptors (Lipinski definition) is 0. The monoisotopic (exact) mass is 894 g/mol. The summed E-state index contributed by atoms with van der Waals surface area (Å²) in [4.78, 5) is 0. The van der Waals surface area contributed by atoms with Crippen LogP contribution in [0.3, 0.4) is 0 Å². The van der Waals surface area contributed by atoms with Gasteiger partial charge in [-0.05, 0) is 157 Å². The third kappa shape index (κ3) is 5.99. The van der Waals surface area contributed by atoms with Crippen molar-refractivity contribution in [2.75, 3.05) is 0 Å². The van der Waals surface area contributed by atoms with Gasteiger partial charge in [0.2, 0.25) is 0 Å². The van der Waals surface area contributed by atoms with Gasteiger partial charge in [0.15, 0.2) is 0 Å². The van der Waals surface area contributed by atoms with Crippen LogP contribution in [0.15, 0.2) is 218 Å². The lowest BCUT2D eigenvalue weighted by Gasteiger charge is -2.24. The van der Waals surface area contributed by atoms with Crippen molar-refractivity contribution >= 4 is 55.8 Å². The van der Waals surface area contributed by atoms with Crippen molar-refractivity contribution in [2.24, 2.45) is 0 Å². The van der Waals surface area contributed by atoms with Gasteiger partial charge < -0.3 is 9.13 Å². The van der Waals surface area contributed by atoms with Crippen LogP contribution in [0.2, 0.25) is 0 Å². The Labute approximate surface area is 409 Å². The van der Waals surface area contributed by atoms with E-state index < -0.39 is 0 Å². The molecule has 70 heavy (non-hydrogen) atoms. The van der Waals surface area contributed by atoms with Gasteiger partial charge in [0.05, 0.1) is 22.1 Å². The van der Waals surface area contributed by atoms with E-state index in [9.17, 15) is 0 Å². The average molecular weight is 895 g/mol. The van der Waals surface area contributed by atoms with Gasteiger partial charge in [-0.15, -0.1) is 0 Å². The zero-order chi connectivity index (χ0) is 46.9. The summed E-state index contributed by atoms with van der Waals surface area (Å²) in [5.74, 6) is 0. The molecule has 0 radical (unpaired) electrons. The van der Waals surface area contributed by atoms with E-state index in [4.69, 9.17) is 0 Å². The van der Waals surface area contributed by atoms with E-state index in [1.54, 1.807) is 0 Å². The van der Waals surface area contributed by atoms with Crippen LogP contribution in [0.4, 0.5) is 0 Å². The van der Waals surface area contributed by atoms with Gasteiger partial charge in [-0.3, -0.25) is 0 Å². The molecule has 0 atom stereocenters. The molecular weight excluding hydrogens is 845 g/mol. The van der Waals surface area contributed by atoms with Crippen LogP contribution in [-0.4, -0.2) is 9.13 Å². The topological polar surface area (TPSA) is 9.86 Å². The van der Waals surface area contributed by atoms with Crippen LogP contribution in [0.1, 0.15) is 61.1 Å². The maximum absolute atomic E-state index is 2.47. The summed E-state index contributed by atoms with van der Waals surface area (Å²) < 4.78 is 4.76. The molecule has 0 saturated carbocycles. The predicted octanol–water partition coefficient (Wildman–Crippen LogP) is 18.0. The molecule has 0 saturated heterocycles. The van der Waals surface area contributed by atoms with E-state index in [1.807, 2.05) is 0 Å². The number of aromatic nitrogens is 2. The first-order chi connectivity index (χ1) is 34.2. The molecule has 0 spiro atoms. The molecule has 332 valence electrons. The maximum Gasteiger partial charge on any atom is 0.0541 e. The molecule has 2 aromatic heterocycles. The van der Waals surface area contributed by atoms with Crippen molar-refractivity contribution in [2.45, 2.75) is 38.5 Å². The Hall–Kier alpha value is -8.46. The summed E-state index contributed by atoms with van der Waals surface area (Å²) in [6.07, 6.45) is 4.54. The van der Waals surface area contributed by atoms with Gasteiger partial charge in [-0.25, -0.2) is 0 Å². The van der Waals surface area contributed by atoms with E-state index in [1.165, 1.54) is 133 Å². The van der Waals surface area contributed by atoms with Gasteiger partial charge in [0.25, 0.3) is 0 Å². The molecule has 2 aliphatic carbocycles. The molecule has 0 amide bonds. The molecule has 10 aromatic carbocycles. The Morgan fingerprint density at radius 3 is 1.13 bits per heavy atom. The normalized spacial score (nSPS) is 14.2. The first-order valence-electron chi connectivity index (χ1n) is 24.7. The SMILES string of the molecule is CC1(C)c2cc(/C=C/c3ccc4c(c3)c3ccccc3n4-c3ccccc3)ccc2-c2ccc(-c3ccc4c(c3)C(C)(C)c3cc(-c5ccc6c(c5)c5ccccc5n6-c5ccccc5)ccc3-4)cc21. The summed E-state index contributed by atoms with van der Waals surface area (Å²) in [6, 6.07) is 81.3. The molecule has 0 unspecified atom stereocenters. The molecule has 0 aliphatic heterocycles. The highest BCUT2D eigenvalue weighted by Crippen LogP contribution is 2.53. The number of benzene rings is 10. The van der Waals surface area contributed by atoms with Crippen LogP contribution in [-0.2, 0) is 10.8 Å². The number of para-hydroxylation sites is 4. The maximum atomic E-state index is 2.47. The quantitative estimate of drug-likeness (QED) is 0.147. The van der Waals surface area contributed by atoms with Crippen LogP contribution in [0, 0.1) is 0 Å². The van der Waals surface area contributed by atoms with Gasteiger partial charge in [0.1, 0.15) is 0 Å². The predicted molar refractivity (Wildman–Crippen MR) is 296 cm³/mol. The first kappa shape index (κ1) is 40.6. The second-order valence-corrected chi connectivity index (χ2v) is 20.6. The molecule has 14 rings (SSSR count).